The Hall–Kier alpha value is -1.40. The Balaban J connectivity index is 1.85. The van der Waals surface area contributed by atoms with Gasteiger partial charge in [-0.25, -0.2) is 0 Å². The molecule has 1 saturated carbocycles. The molecule has 2 fully saturated rings. The van der Waals surface area contributed by atoms with Gasteiger partial charge in [0.1, 0.15) is 11.5 Å². The molecular weight excluding hydrogens is 290 g/mol. The van der Waals surface area contributed by atoms with E-state index < -0.39 is 12.3 Å². The summed E-state index contributed by atoms with van der Waals surface area (Å²) in [5, 5.41) is 14.0. The number of fused-ring (bicyclic) bond motifs is 1. The number of hydrogen-bond donors (Lipinski definition) is 2. The van der Waals surface area contributed by atoms with Crippen molar-refractivity contribution in [2.45, 2.75) is 51.0 Å². The molecule has 0 spiro atoms. The van der Waals surface area contributed by atoms with Crippen LogP contribution in [0.5, 0.6) is 5.75 Å². The van der Waals surface area contributed by atoms with E-state index in [9.17, 15) is 13.9 Å². The molecule has 122 valence electrons. The van der Waals surface area contributed by atoms with Gasteiger partial charge in [-0.1, -0.05) is 6.42 Å². The van der Waals surface area contributed by atoms with E-state index in [1.54, 1.807) is 19.1 Å². The van der Waals surface area contributed by atoms with Crippen LogP contribution in [0.2, 0.25) is 0 Å². The van der Waals surface area contributed by atoms with Crippen LogP contribution in [0.3, 0.4) is 0 Å². The van der Waals surface area contributed by atoms with Crippen LogP contribution in [0.25, 0.3) is 0 Å². The lowest BCUT2D eigenvalue weighted by Gasteiger charge is -2.51. The number of anilines is 1. The third kappa shape index (κ3) is 2.90. The summed E-state index contributed by atoms with van der Waals surface area (Å²) in [4.78, 5) is 2.19. The first kappa shape index (κ1) is 15.5. The second-order valence-electron chi connectivity index (χ2n) is 6.13. The molecule has 2 aliphatic rings. The summed E-state index contributed by atoms with van der Waals surface area (Å²) in [6.45, 7) is 0.450. The molecule has 3 rings (SSSR count). The number of piperazine rings is 1. The van der Waals surface area contributed by atoms with Gasteiger partial charge in [-0.3, -0.25) is 5.32 Å². The maximum atomic E-state index is 12.4. The molecule has 2 N–H and O–H groups in total. The lowest BCUT2D eigenvalue weighted by Crippen LogP contribution is -2.68. The Labute approximate surface area is 129 Å². The van der Waals surface area contributed by atoms with E-state index in [4.69, 9.17) is 0 Å². The summed E-state index contributed by atoms with van der Waals surface area (Å²) in [6.07, 6.45) is 3.79. The van der Waals surface area contributed by atoms with Gasteiger partial charge in [0, 0.05) is 18.8 Å². The van der Waals surface area contributed by atoms with Crippen LogP contribution < -0.4 is 15.0 Å². The number of aryl methyl sites for hydroxylation is 1. The molecule has 0 unspecified atom stereocenters. The highest BCUT2D eigenvalue weighted by atomic mass is 19.3. The second-order valence-corrected chi connectivity index (χ2v) is 6.13. The molecule has 0 amide bonds. The van der Waals surface area contributed by atoms with E-state index in [-0.39, 0.29) is 11.8 Å². The molecule has 1 heterocycles. The van der Waals surface area contributed by atoms with Gasteiger partial charge in [-0.15, -0.1) is 0 Å². The largest absolute Gasteiger partial charge is 0.435 e. The minimum atomic E-state index is -2.81. The first-order valence-corrected chi connectivity index (χ1v) is 7.79. The number of halogens is 2. The summed E-state index contributed by atoms with van der Waals surface area (Å²) >= 11 is 0. The third-order valence-electron chi connectivity index (χ3n) is 4.70. The normalized spacial score (nSPS) is 28.6. The van der Waals surface area contributed by atoms with Crippen LogP contribution in [-0.4, -0.2) is 36.6 Å². The van der Waals surface area contributed by atoms with Gasteiger partial charge < -0.3 is 14.7 Å². The second kappa shape index (κ2) is 6.01. The maximum absolute atomic E-state index is 12.4. The van der Waals surface area contributed by atoms with Gasteiger partial charge >= 0.3 is 6.61 Å². The fourth-order valence-corrected chi connectivity index (χ4v) is 3.66. The Morgan fingerprint density at radius 1 is 1.41 bits per heavy atom. The van der Waals surface area contributed by atoms with Crippen LogP contribution in [0, 0.1) is 6.92 Å². The molecule has 1 aliphatic carbocycles. The van der Waals surface area contributed by atoms with Crippen LogP contribution in [0.15, 0.2) is 18.2 Å². The molecule has 4 nitrogen and oxygen atoms in total. The summed E-state index contributed by atoms with van der Waals surface area (Å²) in [5.41, 5.74) is 0.782. The van der Waals surface area contributed by atoms with E-state index in [2.05, 4.69) is 15.0 Å². The van der Waals surface area contributed by atoms with Gasteiger partial charge in [0.25, 0.3) is 0 Å². The average Bonchev–Trinajstić information content (AvgIpc) is 2.47. The highest BCUT2D eigenvalue weighted by Crippen LogP contribution is 2.36. The molecular formula is C16H22F2N2O2. The Morgan fingerprint density at radius 2 is 2.23 bits per heavy atom. The van der Waals surface area contributed by atoms with Crippen molar-refractivity contribution in [2.24, 2.45) is 0 Å². The Morgan fingerprint density at radius 3 is 2.95 bits per heavy atom. The quantitative estimate of drug-likeness (QED) is 0.900. The van der Waals surface area contributed by atoms with Crippen LogP contribution in [0.1, 0.15) is 31.2 Å². The van der Waals surface area contributed by atoms with Crippen LogP contribution in [0.4, 0.5) is 14.5 Å². The van der Waals surface area contributed by atoms with Crippen molar-refractivity contribution >= 4 is 5.69 Å². The van der Waals surface area contributed by atoms with Crippen LogP contribution >= 0.6 is 0 Å². The predicted molar refractivity (Wildman–Crippen MR) is 80.4 cm³/mol. The standard InChI is InChI=1S/C16H22F2N2O2/c1-11-10-12(5-6-13(11)22-15(17)18)20-9-8-19-16(21)7-3-2-4-14(16)20/h5-6,10,14-15,19,21H,2-4,7-9H2,1H3/t14-,16+/m1/s1. The average molecular weight is 312 g/mol. The Kier molecular flexibility index (Phi) is 4.23. The number of ether oxygens (including phenoxy) is 1. The van der Waals surface area contributed by atoms with E-state index >= 15 is 0 Å². The zero-order chi connectivity index (χ0) is 15.7. The molecule has 1 aromatic rings. The van der Waals surface area contributed by atoms with Crippen molar-refractivity contribution < 1.29 is 18.6 Å². The SMILES string of the molecule is Cc1cc(N2CCN[C@]3(O)CCCC[C@@H]23)ccc1OC(F)F. The van der Waals surface area contributed by atoms with E-state index in [0.29, 0.717) is 12.1 Å². The maximum Gasteiger partial charge on any atom is 0.387 e. The molecule has 1 aromatic carbocycles. The number of rotatable bonds is 3. The highest BCUT2D eigenvalue weighted by Gasteiger charge is 2.44. The van der Waals surface area contributed by atoms with Gasteiger partial charge in [-0.2, -0.15) is 8.78 Å². The van der Waals surface area contributed by atoms with Gasteiger partial charge in [-0.05, 0) is 49.9 Å². The topological polar surface area (TPSA) is 44.7 Å². The lowest BCUT2D eigenvalue weighted by molar-refractivity contribution is -0.0573. The van der Waals surface area contributed by atoms with Gasteiger partial charge in [0.15, 0.2) is 0 Å². The van der Waals surface area contributed by atoms with E-state index in [1.807, 2.05) is 6.07 Å². The number of aliphatic hydroxyl groups is 1. The minimum Gasteiger partial charge on any atom is -0.435 e. The number of alkyl halides is 2. The van der Waals surface area contributed by atoms with Gasteiger partial charge in [0.2, 0.25) is 0 Å². The number of benzene rings is 1. The highest BCUT2D eigenvalue weighted by molar-refractivity contribution is 5.54. The molecule has 0 radical (unpaired) electrons. The smallest absolute Gasteiger partial charge is 0.387 e. The summed E-state index contributed by atoms with van der Waals surface area (Å²) in [6, 6.07) is 5.26. The number of nitrogens with zero attached hydrogens (tertiary/aromatic N) is 1. The fourth-order valence-electron chi connectivity index (χ4n) is 3.66. The molecule has 1 saturated heterocycles. The van der Waals surface area contributed by atoms with E-state index in [0.717, 1.165) is 37.9 Å². The van der Waals surface area contributed by atoms with Crippen LogP contribution in [-0.2, 0) is 0 Å². The first-order chi connectivity index (χ1) is 10.5. The monoisotopic (exact) mass is 312 g/mol. The zero-order valence-corrected chi connectivity index (χ0v) is 12.7. The van der Waals surface area contributed by atoms with Crippen molar-refractivity contribution in [3.8, 4) is 5.75 Å². The van der Waals surface area contributed by atoms with Gasteiger partial charge in [0.05, 0.1) is 6.04 Å². The third-order valence-corrected chi connectivity index (χ3v) is 4.70. The van der Waals surface area contributed by atoms with E-state index in [1.165, 1.54) is 0 Å². The first-order valence-electron chi connectivity index (χ1n) is 7.79. The zero-order valence-electron chi connectivity index (χ0n) is 12.7. The lowest BCUT2D eigenvalue weighted by atomic mass is 9.83. The number of hydrogen-bond acceptors (Lipinski definition) is 4. The molecule has 22 heavy (non-hydrogen) atoms. The Bertz CT molecular complexity index is 537. The van der Waals surface area contributed by atoms with Crippen molar-refractivity contribution in [3.63, 3.8) is 0 Å². The molecule has 2 atom stereocenters. The van der Waals surface area contributed by atoms with Crippen molar-refractivity contribution in [3.05, 3.63) is 23.8 Å². The minimum absolute atomic E-state index is 0.0243. The molecule has 0 bridgehead atoms. The van der Waals surface area contributed by atoms with Crippen molar-refractivity contribution in [1.82, 2.24) is 5.32 Å². The van der Waals surface area contributed by atoms with Crippen molar-refractivity contribution in [2.75, 3.05) is 18.0 Å². The molecule has 0 aromatic heterocycles. The molecule has 6 heteroatoms. The predicted octanol–water partition coefficient (Wildman–Crippen LogP) is 2.64. The number of nitrogens with one attached hydrogen (secondary N) is 1. The molecule has 1 aliphatic heterocycles. The van der Waals surface area contributed by atoms with Crippen molar-refractivity contribution in [1.29, 1.82) is 0 Å². The summed E-state index contributed by atoms with van der Waals surface area (Å²) < 4.78 is 29.2. The fraction of sp³-hybridized carbons (Fsp3) is 0.625. The summed E-state index contributed by atoms with van der Waals surface area (Å²) in [7, 11) is 0. The summed E-state index contributed by atoms with van der Waals surface area (Å²) in [5.74, 6) is 0.202.